The lowest BCUT2D eigenvalue weighted by molar-refractivity contribution is 0.0716. The molecule has 0 saturated heterocycles. The molecule has 3 aromatic rings. The van der Waals surface area contributed by atoms with Crippen molar-refractivity contribution in [1.82, 2.24) is 9.88 Å². The average Bonchev–Trinajstić information content (AvgIpc) is 3.14. The summed E-state index contributed by atoms with van der Waals surface area (Å²) in [6.45, 7) is 5.30. The minimum absolute atomic E-state index is 0.0889. The van der Waals surface area contributed by atoms with Gasteiger partial charge in [0.2, 0.25) is 0 Å². The van der Waals surface area contributed by atoms with E-state index >= 15 is 0 Å². The van der Waals surface area contributed by atoms with Gasteiger partial charge in [-0.25, -0.2) is 9.37 Å². The highest BCUT2D eigenvalue weighted by atomic mass is 32.1. The molecule has 1 heterocycles. The molecule has 1 aromatic heterocycles. The van der Waals surface area contributed by atoms with Gasteiger partial charge in [0, 0.05) is 11.9 Å². The summed E-state index contributed by atoms with van der Waals surface area (Å²) in [5.74, 6) is 0.226. The van der Waals surface area contributed by atoms with Crippen LogP contribution in [0.1, 0.15) is 34.9 Å². The second kappa shape index (κ2) is 9.46. The van der Waals surface area contributed by atoms with Crippen LogP contribution in [0.3, 0.4) is 0 Å². The number of benzene rings is 2. The maximum absolute atomic E-state index is 14.1. The Bertz CT molecular complexity index is 912. The Morgan fingerprint density at radius 1 is 1.14 bits per heavy atom. The van der Waals surface area contributed by atoms with Gasteiger partial charge in [-0.1, -0.05) is 44.2 Å². The predicted octanol–water partition coefficient (Wildman–Crippen LogP) is 5.16. The first kappa shape index (κ1) is 20.0. The van der Waals surface area contributed by atoms with Crippen LogP contribution in [0.4, 0.5) is 4.39 Å². The molecule has 0 aliphatic heterocycles. The number of carbonyl (C=O) groups excluding carboxylic acids is 1. The van der Waals surface area contributed by atoms with Crippen molar-refractivity contribution < 1.29 is 13.9 Å². The smallest absolute Gasteiger partial charge is 0.257 e. The molecule has 6 heteroatoms. The van der Waals surface area contributed by atoms with Crippen molar-refractivity contribution in [3.63, 3.8) is 0 Å². The number of nitrogens with zero attached hydrogens (tertiary/aromatic N) is 2. The summed E-state index contributed by atoms with van der Waals surface area (Å²) in [4.78, 5) is 19.1. The third kappa shape index (κ3) is 5.39. The Kier molecular flexibility index (Phi) is 6.76. The molecule has 0 bridgehead atoms. The van der Waals surface area contributed by atoms with Gasteiger partial charge in [-0.2, -0.15) is 0 Å². The lowest BCUT2D eigenvalue weighted by Crippen LogP contribution is -2.34. The number of thiazole rings is 1. The van der Waals surface area contributed by atoms with Gasteiger partial charge >= 0.3 is 0 Å². The topological polar surface area (TPSA) is 42.4 Å². The van der Waals surface area contributed by atoms with Gasteiger partial charge in [0.15, 0.2) is 0 Å². The largest absolute Gasteiger partial charge is 0.486 e. The van der Waals surface area contributed by atoms with E-state index in [1.165, 1.54) is 23.5 Å². The minimum Gasteiger partial charge on any atom is -0.486 e. The fourth-order valence-electron chi connectivity index (χ4n) is 2.81. The lowest BCUT2D eigenvalue weighted by Gasteiger charge is -2.24. The molecule has 2 aromatic carbocycles. The monoisotopic (exact) mass is 398 g/mol. The second-order valence-corrected chi connectivity index (χ2v) is 7.84. The minimum atomic E-state index is -0.503. The summed E-state index contributed by atoms with van der Waals surface area (Å²) < 4.78 is 19.8. The molecule has 146 valence electrons. The van der Waals surface area contributed by atoms with Crippen molar-refractivity contribution in [2.24, 2.45) is 5.92 Å². The molecule has 0 aliphatic rings. The van der Waals surface area contributed by atoms with Crippen LogP contribution >= 0.6 is 11.3 Å². The number of carbonyl (C=O) groups is 1. The third-order valence-electron chi connectivity index (χ3n) is 4.03. The summed E-state index contributed by atoms with van der Waals surface area (Å²) in [6, 6.07) is 15.6. The Morgan fingerprint density at radius 3 is 2.57 bits per heavy atom. The van der Waals surface area contributed by atoms with Gasteiger partial charge in [-0.3, -0.25) is 4.79 Å². The first-order valence-corrected chi connectivity index (χ1v) is 10.1. The molecule has 0 N–H and O–H groups in total. The molecular weight excluding hydrogens is 375 g/mol. The molecular formula is C22H23FN2O2S. The number of para-hydroxylation sites is 1. The first-order valence-electron chi connectivity index (χ1n) is 9.18. The standard InChI is InChI=1S/C22H23FN2O2S/c1-16(2)12-25(22(26)19-10-6-7-11-20(19)23)13-17-15-28-21(24-17)14-27-18-8-4-3-5-9-18/h3-11,15-16H,12-14H2,1-2H3. The maximum atomic E-state index is 14.1. The first-order chi connectivity index (χ1) is 13.5. The third-order valence-corrected chi connectivity index (χ3v) is 4.91. The molecule has 0 spiro atoms. The van der Waals surface area contributed by atoms with Gasteiger partial charge in [-0.15, -0.1) is 11.3 Å². The number of aromatic nitrogens is 1. The lowest BCUT2D eigenvalue weighted by atomic mass is 10.1. The highest BCUT2D eigenvalue weighted by Gasteiger charge is 2.21. The van der Waals surface area contributed by atoms with E-state index in [2.05, 4.69) is 4.98 Å². The van der Waals surface area contributed by atoms with Crippen molar-refractivity contribution in [1.29, 1.82) is 0 Å². The van der Waals surface area contributed by atoms with Crippen molar-refractivity contribution >= 4 is 17.2 Å². The van der Waals surface area contributed by atoms with Gasteiger partial charge < -0.3 is 9.64 Å². The Labute approximate surface area is 168 Å². The fourth-order valence-corrected chi connectivity index (χ4v) is 3.51. The van der Waals surface area contributed by atoms with Crippen LogP contribution in [0.2, 0.25) is 0 Å². The van der Waals surface area contributed by atoms with Gasteiger partial charge in [0.1, 0.15) is 23.2 Å². The molecule has 0 saturated carbocycles. The summed E-state index contributed by atoms with van der Waals surface area (Å²) in [5.41, 5.74) is 0.869. The van der Waals surface area contributed by atoms with Crippen molar-refractivity contribution in [2.45, 2.75) is 27.0 Å². The van der Waals surface area contributed by atoms with Crippen molar-refractivity contribution in [3.8, 4) is 5.75 Å². The quantitative estimate of drug-likeness (QED) is 0.526. The SMILES string of the molecule is CC(C)CN(Cc1csc(COc2ccccc2)n1)C(=O)c1ccccc1F. The number of hydrogen-bond donors (Lipinski definition) is 0. The zero-order valence-corrected chi connectivity index (χ0v) is 16.8. The Morgan fingerprint density at radius 2 is 1.86 bits per heavy atom. The molecule has 0 unspecified atom stereocenters. The van der Waals surface area contributed by atoms with Crippen LogP contribution in [-0.2, 0) is 13.2 Å². The van der Waals surface area contributed by atoms with E-state index in [4.69, 9.17) is 4.74 Å². The van der Waals surface area contributed by atoms with E-state index in [1.807, 2.05) is 49.6 Å². The van der Waals surface area contributed by atoms with E-state index < -0.39 is 5.82 Å². The summed E-state index contributed by atoms with van der Waals surface area (Å²) in [7, 11) is 0. The highest BCUT2D eigenvalue weighted by Crippen LogP contribution is 2.18. The van der Waals surface area contributed by atoms with Crippen LogP contribution in [0.25, 0.3) is 0 Å². The highest BCUT2D eigenvalue weighted by molar-refractivity contribution is 7.09. The number of hydrogen-bond acceptors (Lipinski definition) is 4. The number of halogens is 1. The molecule has 1 amide bonds. The summed E-state index contributed by atoms with van der Waals surface area (Å²) >= 11 is 1.49. The summed E-state index contributed by atoms with van der Waals surface area (Å²) in [5, 5.41) is 2.76. The summed E-state index contributed by atoms with van der Waals surface area (Å²) in [6.07, 6.45) is 0. The predicted molar refractivity (Wildman–Crippen MR) is 109 cm³/mol. The number of amides is 1. The molecule has 0 fully saturated rings. The van der Waals surface area contributed by atoms with E-state index in [-0.39, 0.29) is 17.4 Å². The van der Waals surface area contributed by atoms with Crippen LogP contribution in [0, 0.1) is 11.7 Å². The zero-order chi connectivity index (χ0) is 19.9. The van der Waals surface area contributed by atoms with E-state index in [0.29, 0.717) is 19.7 Å². The van der Waals surface area contributed by atoms with E-state index in [9.17, 15) is 9.18 Å². The molecule has 3 rings (SSSR count). The molecule has 28 heavy (non-hydrogen) atoms. The Balaban J connectivity index is 1.68. The van der Waals surface area contributed by atoms with Crippen LogP contribution in [0.5, 0.6) is 5.75 Å². The molecule has 4 nitrogen and oxygen atoms in total. The van der Waals surface area contributed by atoms with Crippen LogP contribution in [0.15, 0.2) is 60.0 Å². The maximum Gasteiger partial charge on any atom is 0.257 e. The van der Waals surface area contributed by atoms with Gasteiger partial charge in [0.25, 0.3) is 5.91 Å². The van der Waals surface area contributed by atoms with Crippen LogP contribution in [-0.4, -0.2) is 22.3 Å². The molecule has 0 aliphatic carbocycles. The van der Waals surface area contributed by atoms with E-state index in [1.54, 1.807) is 17.0 Å². The second-order valence-electron chi connectivity index (χ2n) is 6.89. The average molecular weight is 399 g/mol. The van der Waals surface area contributed by atoms with Crippen molar-refractivity contribution in [2.75, 3.05) is 6.54 Å². The Hall–Kier alpha value is -2.73. The van der Waals surface area contributed by atoms with E-state index in [0.717, 1.165) is 16.5 Å². The van der Waals surface area contributed by atoms with Crippen LogP contribution < -0.4 is 4.74 Å². The number of rotatable bonds is 8. The zero-order valence-electron chi connectivity index (χ0n) is 16.0. The van der Waals surface area contributed by atoms with Crippen molar-refractivity contribution in [3.05, 3.63) is 82.1 Å². The fraction of sp³-hybridized carbons (Fsp3) is 0.273. The molecule has 0 radical (unpaired) electrons. The normalized spacial score (nSPS) is 10.9. The van der Waals surface area contributed by atoms with Gasteiger partial charge in [0.05, 0.1) is 17.8 Å². The van der Waals surface area contributed by atoms with Gasteiger partial charge in [-0.05, 0) is 30.2 Å². The number of ether oxygens (including phenoxy) is 1. The molecule has 0 atom stereocenters.